The van der Waals surface area contributed by atoms with Crippen LogP contribution in [0.15, 0.2) is 0 Å². The highest BCUT2D eigenvalue weighted by Gasteiger charge is 2.50. The molecule has 2 aliphatic carbocycles. The van der Waals surface area contributed by atoms with E-state index in [4.69, 9.17) is 0 Å². The number of hydrogen-bond donors (Lipinski definition) is 0. The molecule has 0 aromatic carbocycles. The molecule has 0 N–H and O–H groups in total. The van der Waals surface area contributed by atoms with Crippen molar-refractivity contribution in [1.29, 1.82) is 0 Å². The van der Waals surface area contributed by atoms with Gasteiger partial charge >= 0.3 is 0 Å². The highest BCUT2D eigenvalue weighted by atomic mass is 14.6. The maximum absolute atomic E-state index is 2.34. The Labute approximate surface area is 51.3 Å². The Morgan fingerprint density at radius 3 is 2.25 bits per heavy atom. The van der Waals surface area contributed by atoms with E-state index in [9.17, 15) is 0 Å². The monoisotopic (exact) mass is 110 g/mol. The van der Waals surface area contributed by atoms with Gasteiger partial charge < -0.3 is 0 Å². The van der Waals surface area contributed by atoms with E-state index in [-0.39, 0.29) is 0 Å². The minimum absolute atomic E-state index is 1.17. The summed E-state index contributed by atoms with van der Waals surface area (Å²) in [4.78, 5) is 0. The quantitative estimate of drug-likeness (QED) is 0.486. The predicted molar refractivity (Wildman–Crippen MR) is 34.6 cm³/mol. The van der Waals surface area contributed by atoms with E-state index < -0.39 is 0 Å². The van der Waals surface area contributed by atoms with Gasteiger partial charge in [-0.2, -0.15) is 0 Å². The van der Waals surface area contributed by atoms with E-state index >= 15 is 0 Å². The first-order valence-electron chi connectivity index (χ1n) is 3.93. The molecular weight excluding hydrogens is 96.1 g/mol. The molecule has 0 heteroatoms. The second-order valence-electron chi connectivity index (χ2n) is 3.33. The maximum atomic E-state index is 2.34. The zero-order chi connectivity index (χ0) is 5.56. The summed E-state index contributed by atoms with van der Waals surface area (Å²) in [5, 5.41) is 0. The lowest BCUT2D eigenvalue weighted by Gasteiger charge is -1.94. The summed E-state index contributed by atoms with van der Waals surface area (Å²) >= 11 is 0. The maximum Gasteiger partial charge on any atom is -0.0352 e. The topological polar surface area (TPSA) is 0 Å². The summed E-state index contributed by atoms with van der Waals surface area (Å²) in [5.41, 5.74) is 0. The molecule has 0 nitrogen and oxygen atoms in total. The van der Waals surface area contributed by atoms with Gasteiger partial charge in [-0.3, -0.25) is 0 Å². The molecule has 8 heavy (non-hydrogen) atoms. The minimum atomic E-state index is 1.17. The second kappa shape index (κ2) is 1.49. The highest BCUT2D eigenvalue weighted by Crippen LogP contribution is 2.58. The van der Waals surface area contributed by atoms with E-state index in [0.717, 1.165) is 0 Å². The molecule has 0 saturated heterocycles. The molecule has 0 spiro atoms. The largest absolute Gasteiger partial charge is 0.0651 e. The van der Waals surface area contributed by atoms with Crippen LogP contribution in [-0.4, -0.2) is 0 Å². The van der Waals surface area contributed by atoms with E-state index in [1.54, 1.807) is 12.8 Å². The van der Waals surface area contributed by atoms with Gasteiger partial charge in [-0.25, -0.2) is 0 Å². The molecule has 0 radical (unpaired) electrons. The molecule has 2 saturated carbocycles. The summed E-state index contributed by atoms with van der Waals surface area (Å²) in [6, 6.07) is 0. The van der Waals surface area contributed by atoms with Crippen LogP contribution in [-0.2, 0) is 0 Å². The van der Waals surface area contributed by atoms with Crippen LogP contribution in [0, 0.1) is 17.8 Å². The van der Waals surface area contributed by atoms with Gasteiger partial charge in [-0.1, -0.05) is 19.8 Å². The molecule has 0 aromatic rings. The van der Waals surface area contributed by atoms with Crippen LogP contribution in [0.25, 0.3) is 0 Å². The Hall–Kier alpha value is 0. The van der Waals surface area contributed by atoms with E-state index in [0.29, 0.717) is 0 Å². The van der Waals surface area contributed by atoms with Gasteiger partial charge in [0.1, 0.15) is 0 Å². The molecule has 0 amide bonds. The molecule has 2 aliphatic rings. The van der Waals surface area contributed by atoms with Crippen LogP contribution in [0.2, 0.25) is 0 Å². The molecule has 0 heterocycles. The summed E-state index contributed by atoms with van der Waals surface area (Å²) in [7, 11) is 0. The molecular formula is C8H14. The van der Waals surface area contributed by atoms with Crippen molar-refractivity contribution >= 4 is 0 Å². The van der Waals surface area contributed by atoms with E-state index in [1.165, 1.54) is 30.6 Å². The van der Waals surface area contributed by atoms with Gasteiger partial charge in [0.15, 0.2) is 0 Å². The zero-order valence-electron chi connectivity index (χ0n) is 5.56. The summed E-state index contributed by atoms with van der Waals surface area (Å²) in [5.74, 6) is 3.56. The van der Waals surface area contributed by atoms with Gasteiger partial charge in [0.25, 0.3) is 0 Å². The third kappa shape index (κ3) is 0.463. The second-order valence-corrected chi connectivity index (χ2v) is 3.33. The summed E-state index contributed by atoms with van der Waals surface area (Å²) in [6.07, 6.45) is 6.10. The Morgan fingerprint density at radius 1 is 1.25 bits per heavy atom. The summed E-state index contributed by atoms with van der Waals surface area (Å²) in [6.45, 7) is 2.34. The molecule has 0 aliphatic heterocycles. The van der Waals surface area contributed by atoms with Crippen molar-refractivity contribution in [3.05, 3.63) is 0 Å². The fraction of sp³-hybridized carbons (Fsp3) is 1.00. The van der Waals surface area contributed by atoms with Gasteiger partial charge in [0.05, 0.1) is 0 Å². The molecule has 2 unspecified atom stereocenters. The van der Waals surface area contributed by atoms with Crippen LogP contribution in [0.1, 0.15) is 32.6 Å². The van der Waals surface area contributed by atoms with Crippen LogP contribution < -0.4 is 0 Å². The van der Waals surface area contributed by atoms with Crippen molar-refractivity contribution < 1.29 is 0 Å². The predicted octanol–water partition coefficient (Wildman–Crippen LogP) is 2.44. The van der Waals surface area contributed by atoms with Crippen molar-refractivity contribution in [1.82, 2.24) is 0 Å². The van der Waals surface area contributed by atoms with Gasteiger partial charge in [-0.05, 0) is 30.6 Å². The minimum Gasteiger partial charge on any atom is -0.0651 e. The Morgan fingerprint density at radius 2 is 1.88 bits per heavy atom. The summed E-state index contributed by atoms with van der Waals surface area (Å²) < 4.78 is 0. The Kier molecular flexibility index (Phi) is 0.902. The SMILES string of the molecule is CCC1C2CCC[C@@H]12. The standard InChI is InChI=1S/C8H14/c1-2-6-7-4-3-5-8(6)7/h6-8H,2-5H2,1H3/t6?,7-,8?/m0/s1. The lowest BCUT2D eigenvalue weighted by Crippen LogP contribution is -1.82. The van der Waals surface area contributed by atoms with Crippen LogP contribution in [0.5, 0.6) is 0 Å². The number of fused-ring (bicyclic) bond motifs is 1. The third-order valence-electron chi connectivity index (χ3n) is 3.06. The molecule has 0 aromatic heterocycles. The first-order chi connectivity index (χ1) is 3.93. The van der Waals surface area contributed by atoms with E-state index in [2.05, 4.69) is 6.92 Å². The lowest BCUT2D eigenvalue weighted by atomic mass is 10.1. The molecule has 2 rings (SSSR count). The smallest absolute Gasteiger partial charge is 0.0352 e. The molecule has 46 valence electrons. The average molecular weight is 110 g/mol. The first-order valence-corrected chi connectivity index (χ1v) is 3.93. The number of hydrogen-bond acceptors (Lipinski definition) is 0. The van der Waals surface area contributed by atoms with Gasteiger partial charge in [-0.15, -0.1) is 0 Å². The van der Waals surface area contributed by atoms with E-state index in [1.807, 2.05) is 0 Å². The third-order valence-corrected chi connectivity index (χ3v) is 3.06. The number of rotatable bonds is 1. The molecule has 0 bridgehead atoms. The Bertz CT molecular complexity index is 79.5. The fourth-order valence-electron chi connectivity index (χ4n) is 2.58. The van der Waals surface area contributed by atoms with Crippen molar-refractivity contribution in [3.63, 3.8) is 0 Å². The van der Waals surface area contributed by atoms with Crippen molar-refractivity contribution in [2.24, 2.45) is 17.8 Å². The Balaban J connectivity index is 1.94. The van der Waals surface area contributed by atoms with Crippen molar-refractivity contribution in [3.8, 4) is 0 Å². The van der Waals surface area contributed by atoms with Crippen molar-refractivity contribution in [2.75, 3.05) is 0 Å². The first kappa shape index (κ1) is 4.84. The highest BCUT2D eigenvalue weighted by molar-refractivity contribution is 4.99. The zero-order valence-corrected chi connectivity index (χ0v) is 5.56. The fourth-order valence-corrected chi connectivity index (χ4v) is 2.58. The lowest BCUT2D eigenvalue weighted by molar-refractivity contribution is 0.575. The van der Waals surface area contributed by atoms with Gasteiger partial charge in [0, 0.05) is 0 Å². The molecule has 3 atom stereocenters. The van der Waals surface area contributed by atoms with Crippen LogP contribution in [0.4, 0.5) is 0 Å². The van der Waals surface area contributed by atoms with Crippen LogP contribution >= 0.6 is 0 Å². The van der Waals surface area contributed by atoms with Gasteiger partial charge in [0.2, 0.25) is 0 Å². The van der Waals surface area contributed by atoms with Crippen molar-refractivity contribution in [2.45, 2.75) is 32.6 Å². The van der Waals surface area contributed by atoms with Crippen LogP contribution in [0.3, 0.4) is 0 Å². The average Bonchev–Trinajstić information content (AvgIpc) is 2.22. The molecule has 2 fully saturated rings. The normalized spacial score (nSPS) is 51.4.